The summed E-state index contributed by atoms with van der Waals surface area (Å²) in [4.78, 5) is 25.5. The first kappa shape index (κ1) is 15.2. The van der Waals surface area contributed by atoms with Gasteiger partial charge in [-0.25, -0.2) is 9.97 Å². The molecular weight excluding hydrogens is 296 g/mol. The van der Waals surface area contributed by atoms with E-state index in [0.717, 1.165) is 48.8 Å². The number of hydrogen-bond donors (Lipinski definition) is 1. The molecule has 3 rings (SSSR count). The van der Waals surface area contributed by atoms with Crippen LogP contribution in [0.1, 0.15) is 36.0 Å². The molecule has 0 bridgehead atoms. The van der Waals surface area contributed by atoms with E-state index in [-0.39, 0.29) is 11.8 Å². The molecule has 1 aliphatic heterocycles. The summed E-state index contributed by atoms with van der Waals surface area (Å²) < 4.78 is 0. The Morgan fingerprint density at radius 2 is 2.00 bits per heavy atom. The first-order valence-electron chi connectivity index (χ1n) is 7.82. The van der Waals surface area contributed by atoms with Crippen LogP contribution in [0.2, 0.25) is 0 Å². The van der Waals surface area contributed by atoms with Crippen molar-refractivity contribution in [3.63, 3.8) is 0 Å². The molecule has 0 spiro atoms. The van der Waals surface area contributed by atoms with E-state index in [1.165, 1.54) is 15.8 Å². The Balaban J connectivity index is 2.01. The third-order valence-electron chi connectivity index (χ3n) is 4.57. The molecule has 22 heavy (non-hydrogen) atoms. The predicted octanol–water partition coefficient (Wildman–Crippen LogP) is 2.57. The number of rotatable bonds is 3. The number of hydrogen-bond acceptors (Lipinski definition) is 5. The van der Waals surface area contributed by atoms with Crippen LogP contribution < -0.4 is 10.6 Å². The maximum absolute atomic E-state index is 11.3. The van der Waals surface area contributed by atoms with Crippen LogP contribution in [-0.2, 0) is 11.2 Å². The lowest BCUT2D eigenvalue weighted by Gasteiger charge is -2.32. The number of aromatic nitrogens is 2. The average Bonchev–Trinajstić information content (AvgIpc) is 2.81. The lowest BCUT2D eigenvalue weighted by molar-refractivity contribution is -0.122. The van der Waals surface area contributed by atoms with Gasteiger partial charge in [-0.1, -0.05) is 6.92 Å². The standard InChI is InChI=1S/C16H22N4OS/c1-4-12-18-15(13-9(2)10(3)22-16(13)19-12)20-7-5-11(6-8-20)14(17)21/h11H,4-8H2,1-3H3,(H2,17,21). The first-order valence-corrected chi connectivity index (χ1v) is 8.63. The normalized spacial score (nSPS) is 16.4. The zero-order valence-corrected chi connectivity index (χ0v) is 14.2. The van der Waals surface area contributed by atoms with Crippen molar-refractivity contribution >= 4 is 33.3 Å². The number of carbonyl (C=O) groups excluding carboxylic acids is 1. The Bertz CT molecular complexity index is 716. The molecular formula is C16H22N4OS. The van der Waals surface area contributed by atoms with Gasteiger partial charge in [0.15, 0.2) is 0 Å². The molecule has 2 N–H and O–H groups in total. The van der Waals surface area contributed by atoms with Crippen molar-refractivity contribution in [1.82, 2.24) is 9.97 Å². The van der Waals surface area contributed by atoms with Crippen LogP contribution in [0.4, 0.5) is 5.82 Å². The van der Waals surface area contributed by atoms with Crippen molar-refractivity contribution in [2.75, 3.05) is 18.0 Å². The summed E-state index contributed by atoms with van der Waals surface area (Å²) in [5.74, 6) is 1.75. The van der Waals surface area contributed by atoms with Crippen LogP contribution >= 0.6 is 11.3 Å². The Labute approximate surface area is 134 Å². The molecule has 5 nitrogen and oxygen atoms in total. The third-order valence-corrected chi connectivity index (χ3v) is 5.67. The highest BCUT2D eigenvalue weighted by molar-refractivity contribution is 7.18. The summed E-state index contributed by atoms with van der Waals surface area (Å²) in [6.45, 7) is 8.02. The summed E-state index contributed by atoms with van der Waals surface area (Å²) in [5.41, 5.74) is 6.71. The van der Waals surface area contributed by atoms with Crippen LogP contribution in [0.15, 0.2) is 0 Å². The van der Waals surface area contributed by atoms with Gasteiger partial charge in [-0.15, -0.1) is 11.3 Å². The van der Waals surface area contributed by atoms with E-state index < -0.39 is 0 Å². The maximum atomic E-state index is 11.3. The molecule has 0 atom stereocenters. The molecule has 0 aliphatic carbocycles. The minimum Gasteiger partial charge on any atom is -0.369 e. The summed E-state index contributed by atoms with van der Waals surface area (Å²) >= 11 is 1.74. The number of primary amides is 1. The predicted molar refractivity (Wildman–Crippen MR) is 90.4 cm³/mol. The van der Waals surface area contributed by atoms with Crippen molar-refractivity contribution in [2.24, 2.45) is 11.7 Å². The van der Waals surface area contributed by atoms with Gasteiger partial charge in [-0.3, -0.25) is 4.79 Å². The minimum absolute atomic E-state index is 0.00420. The van der Waals surface area contributed by atoms with Gasteiger partial charge in [0.05, 0.1) is 5.39 Å². The van der Waals surface area contributed by atoms with Gasteiger partial charge < -0.3 is 10.6 Å². The average molecular weight is 318 g/mol. The summed E-state index contributed by atoms with van der Waals surface area (Å²) in [5, 5.41) is 1.18. The molecule has 118 valence electrons. The van der Waals surface area contributed by atoms with Crippen molar-refractivity contribution in [1.29, 1.82) is 0 Å². The molecule has 1 fully saturated rings. The molecule has 1 amide bonds. The second kappa shape index (κ2) is 5.83. The number of piperidine rings is 1. The fourth-order valence-corrected chi connectivity index (χ4v) is 4.08. The number of carbonyl (C=O) groups is 1. The second-order valence-corrected chi connectivity index (χ2v) is 7.15. The number of amides is 1. The van der Waals surface area contributed by atoms with Crippen molar-refractivity contribution in [3.05, 3.63) is 16.3 Å². The molecule has 1 aliphatic rings. The first-order chi connectivity index (χ1) is 10.5. The van der Waals surface area contributed by atoms with Gasteiger partial charge in [0.1, 0.15) is 16.5 Å². The molecule has 0 aromatic carbocycles. The van der Waals surface area contributed by atoms with E-state index in [9.17, 15) is 4.79 Å². The van der Waals surface area contributed by atoms with Gasteiger partial charge >= 0.3 is 0 Å². The van der Waals surface area contributed by atoms with Gasteiger partial charge in [0.25, 0.3) is 0 Å². The van der Waals surface area contributed by atoms with E-state index in [1.54, 1.807) is 11.3 Å². The molecule has 2 aromatic heterocycles. The number of aryl methyl sites for hydroxylation is 3. The number of nitrogens with zero attached hydrogens (tertiary/aromatic N) is 3. The van der Waals surface area contributed by atoms with E-state index in [1.807, 2.05) is 0 Å². The molecule has 0 radical (unpaired) electrons. The van der Waals surface area contributed by atoms with Crippen molar-refractivity contribution in [2.45, 2.75) is 40.0 Å². The fraction of sp³-hybridized carbons (Fsp3) is 0.562. The Morgan fingerprint density at radius 3 is 2.59 bits per heavy atom. The number of thiophene rings is 1. The third kappa shape index (κ3) is 2.56. The Morgan fingerprint density at radius 1 is 1.32 bits per heavy atom. The molecule has 2 aromatic rings. The Kier molecular flexibility index (Phi) is 4.04. The number of anilines is 1. The molecule has 0 unspecified atom stereocenters. The van der Waals surface area contributed by atoms with Gasteiger partial charge in [-0.05, 0) is 32.3 Å². The molecule has 6 heteroatoms. The van der Waals surface area contributed by atoms with E-state index in [2.05, 4.69) is 30.7 Å². The largest absolute Gasteiger partial charge is 0.369 e. The van der Waals surface area contributed by atoms with Gasteiger partial charge in [-0.2, -0.15) is 0 Å². The zero-order chi connectivity index (χ0) is 15.9. The summed E-state index contributed by atoms with van der Waals surface area (Å²) in [6, 6.07) is 0. The molecule has 0 saturated carbocycles. The van der Waals surface area contributed by atoms with Gasteiger partial charge in [0.2, 0.25) is 5.91 Å². The van der Waals surface area contributed by atoms with Crippen LogP contribution in [0.25, 0.3) is 10.2 Å². The minimum atomic E-state index is -0.177. The maximum Gasteiger partial charge on any atom is 0.220 e. The fourth-order valence-electron chi connectivity index (χ4n) is 3.03. The van der Waals surface area contributed by atoms with Crippen molar-refractivity contribution in [3.8, 4) is 0 Å². The summed E-state index contributed by atoms with van der Waals surface area (Å²) in [6.07, 6.45) is 2.45. The quantitative estimate of drug-likeness (QED) is 0.944. The van der Waals surface area contributed by atoms with Gasteiger partial charge in [0, 0.05) is 30.3 Å². The van der Waals surface area contributed by atoms with Crippen LogP contribution in [0.5, 0.6) is 0 Å². The van der Waals surface area contributed by atoms with Crippen LogP contribution in [0, 0.1) is 19.8 Å². The Hall–Kier alpha value is -1.69. The lowest BCUT2D eigenvalue weighted by atomic mass is 9.96. The monoisotopic (exact) mass is 318 g/mol. The van der Waals surface area contributed by atoms with Crippen LogP contribution in [-0.4, -0.2) is 29.0 Å². The highest BCUT2D eigenvalue weighted by Crippen LogP contribution is 2.36. The highest BCUT2D eigenvalue weighted by atomic mass is 32.1. The molecule has 1 saturated heterocycles. The zero-order valence-electron chi connectivity index (χ0n) is 13.3. The summed E-state index contributed by atoms with van der Waals surface area (Å²) in [7, 11) is 0. The number of nitrogens with two attached hydrogens (primary N) is 1. The SMILES string of the molecule is CCc1nc(N2CCC(C(N)=O)CC2)c2c(C)c(C)sc2n1. The molecule has 3 heterocycles. The second-order valence-electron chi connectivity index (χ2n) is 5.94. The van der Waals surface area contributed by atoms with E-state index >= 15 is 0 Å². The van der Waals surface area contributed by atoms with Crippen molar-refractivity contribution < 1.29 is 4.79 Å². The lowest BCUT2D eigenvalue weighted by Crippen LogP contribution is -2.39. The van der Waals surface area contributed by atoms with E-state index in [4.69, 9.17) is 10.7 Å². The smallest absolute Gasteiger partial charge is 0.220 e. The topological polar surface area (TPSA) is 72.1 Å². The number of fused-ring (bicyclic) bond motifs is 1. The highest BCUT2D eigenvalue weighted by Gasteiger charge is 2.26. The van der Waals surface area contributed by atoms with Crippen LogP contribution in [0.3, 0.4) is 0 Å². The van der Waals surface area contributed by atoms with E-state index in [0.29, 0.717) is 0 Å².